The Kier molecular flexibility index (Phi) is 3.69. The molecule has 1 N–H and O–H groups in total. The van der Waals surface area contributed by atoms with Crippen LogP contribution in [0.5, 0.6) is 0 Å². The van der Waals surface area contributed by atoms with Crippen molar-refractivity contribution in [3.8, 4) is 0 Å². The summed E-state index contributed by atoms with van der Waals surface area (Å²) in [6.45, 7) is 1.75. The van der Waals surface area contributed by atoms with E-state index in [9.17, 15) is 9.59 Å². The third-order valence-corrected chi connectivity index (χ3v) is 2.79. The molecular formula is C12H15N3O2. The normalized spacial score (nSPS) is 14.7. The Hall–Kier alpha value is -1.91. The van der Waals surface area contributed by atoms with E-state index in [1.165, 1.54) is 0 Å². The lowest BCUT2D eigenvalue weighted by molar-refractivity contribution is -0.145. The van der Waals surface area contributed by atoms with Gasteiger partial charge in [-0.2, -0.15) is 0 Å². The van der Waals surface area contributed by atoms with Crippen LogP contribution in [0.4, 0.5) is 0 Å². The molecule has 0 spiro atoms. The van der Waals surface area contributed by atoms with Gasteiger partial charge < -0.3 is 10.2 Å². The van der Waals surface area contributed by atoms with Crippen molar-refractivity contribution in [3.63, 3.8) is 0 Å². The van der Waals surface area contributed by atoms with Crippen molar-refractivity contribution in [1.29, 1.82) is 0 Å². The van der Waals surface area contributed by atoms with Crippen molar-refractivity contribution < 1.29 is 9.59 Å². The number of carbonyl (C=O) groups is 2. The summed E-state index contributed by atoms with van der Waals surface area (Å²) in [5.74, 6) is -0.944. The summed E-state index contributed by atoms with van der Waals surface area (Å²) in [5, 5.41) is 2.62. The molecule has 0 atom stereocenters. The number of pyridine rings is 1. The molecule has 5 heteroatoms. The Bertz CT molecular complexity index is 399. The first-order valence-electron chi connectivity index (χ1n) is 5.73. The van der Waals surface area contributed by atoms with Crippen LogP contribution in [0.2, 0.25) is 0 Å². The lowest BCUT2D eigenvalue weighted by atomic mass is 10.3. The summed E-state index contributed by atoms with van der Waals surface area (Å²) in [6.07, 6.45) is 5.29. The third kappa shape index (κ3) is 3.03. The molecule has 0 aromatic carbocycles. The quantitative estimate of drug-likeness (QED) is 0.748. The van der Waals surface area contributed by atoms with Gasteiger partial charge in [-0.05, 0) is 30.5 Å². The van der Waals surface area contributed by atoms with E-state index in [1.807, 2.05) is 0 Å². The first-order valence-corrected chi connectivity index (χ1v) is 5.73. The monoisotopic (exact) mass is 233 g/mol. The highest BCUT2D eigenvalue weighted by Crippen LogP contribution is 2.07. The molecule has 90 valence electrons. The lowest BCUT2D eigenvalue weighted by Gasteiger charge is -2.14. The molecular weight excluding hydrogens is 218 g/mol. The zero-order valence-electron chi connectivity index (χ0n) is 9.56. The highest BCUT2D eigenvalue weighted by atomic mass is 16.2. The van der Waals surface area contributed by atoms with Crippen LogP contribution >= 0.6 is 0 Å². The fourth-order valence-electron chi connectivity index (χ4n) is 1.82. The van der Waals surface area contributed by atoms with E-state index in [1.54, 1.807) is 29.4 Å². The van der Waals surface area contributed by atoms with Crippen LogP contribution in [0.25, 0.3) is 0 Å². The molecule has 0 saturated carbocycles. The highest BCUT2D eigenvalue weighted by Gasteiger charge is 2.23. The molecule has 1 aliphatic rings. The lowest BCUT2D eigenvalue weighted by Crippen LogP contribution is -2.41. The summed E-state index contributed by atoms with van der Waals surface area (Å²) < 4.78 is 0. The standard InChI is InChI=1S/C12H15N3O2/c16-11(12(17)15-7-1-2-8-15)14-9-10-3-5-13-6-4-10/h3-6H,1-2,7-9H2,(H,14,16). The zero-order chi connectivity index (χ0) is 12.1. The number of nitrogens with zero attached hydrogens (tertiary/aromatic N) is 2. The van der Waals surface area contributed by atoms with Crippen LogP contribution in [0.15, 0.2) is 24.5 Å². The van der Waals surface area contributed by atoms with Gasteiger partial charge in [-0.3, -0.25) is 14.6 Å². The number of aromatic nitrogens is 1. The SMILES string of the molecule is O=C(NCc1ccncc1)C(=O)N1CCCC1. The maximum atomic E-state index is 11.7. The molecule has 1 aliphatic heterocycles. The van der Waals surface area contributed by atoms with Crippen LogP contribution in [0.3, 0.4) is 0 Å². The Morgan fingerprint density at radius 3 is 2.53 bits per heavy atom. The summed E-state index contributed by atoms with van der Waals surface area (Å²) in [7, 11) is 0. The Morgan fingerprint density at radius 2 is 1.88 bits per heavy atom. The average Bonchev–Trinajstić information content (AvgIpc) is 2.90. The van der Waals surface area contributed by atoms with E-state index < -0.39 is 11.8 Å². The van der Waals surface area contributed by atoms with Crippen molar-refractivity contribution in [1.82, 2.24) is 15.2 Å². The number of rotatable bonds is 2. The summed E-state index contributed by atoms with van der Waals surface area (Å²) in [5.41, 5.74) is 0.933. The molecule has 1 saturated heterocycles. The Labute approximate surface area is 99.8 Å². The van der Waals surface area contributed by atoms with Gasteiger partial charge in [-0.25, -0.2) is 0 Å². The minimum Gasteiger partial charge on any atom is -0.344 e. The van der Waals surface area contributed by atoms with Gasteiger partial charge in [0.15, 0.2) is 0 Å². The molecule has 1 aromatic rings. The average molecular weight is 233 g/mol. The van der Waals surface area contributed by atoms with Gasteiger partial charge in [-0.15, -0.1) is 0 Å². The molecule has 2 heterocycles. The fourth-order valence-corrected chi connectivity index (χ4v) is 1.82. The van der Waals surface area contributed by atoms with E-state index >= 15 is 0 Å². The first kappa shape index (κ1) is 11.6. The largest absolute Gasteiger partial charge is 0.344 e. The van der Waals surface area contributed by atoms with E-state index in [0.29, 0.717) is 19.6 Å². The molecule has 5 nitrogen and oxygen atoms in total. The van der Waals surface area contributed by atoms with Gasteiger partial charge in [0.2, 0.25) is 0 Å². The van der Waals surface area contributed by atoms with Crippen LogP contribution in [-0.2, 0) is 16.1 Å². The van der Waals surface area contributed by atoms with Gasteiger partial charge in [0, 0.05) is 32.0 Å². The van der Waals surface area contributed by atoms with Crippen LogP contribution in [0.1, 0.15) is 18.4 Å². The Balaban J connectivity index is 1.83. The first-order chi connectivity index (χ1) is 8.27. The molecule has 2 amide bonds. The number of likely N-dealkylation sites (tertiary alicyclic amines) is 1. The van der Waals surface area contributed by atoms with Gasteiger partial charge in [-0.1, -0.05) is 0 Å². The van der Waals surface area contributed by atoms with Gasteiger partial charge in [0.1, 0.15) is 0 Å². The topological polar surface area (TPSA) is 62.3 Å². The van der Waals surface area contributed by atoms with E-state index in [2.05, 4.69) is 10.3 Å². The van der Waals surface area contributed by atoms with Crippen LogP contribution in [-0.4, -0.2) is 34.8 Å². The second-order valence-electron chi connectivity index (χ2n) is 4.04. The van der Waals surface area contributed by atoms with Gasteiger partial charge in [0.05, 0.1) is 0 Å². The molecule has 0 unspecified atom stereocenters. The van der Waals surface area contributed by atoms with Crippen molar-refractivity contribution >= 4 is 11.8 Å². The zero-order valence-corrected chi connectivity index (χ0v) is 9.56. The second kappa shape index (κ2) is 5.43. The third-order valence-electron chi connectivity index (χ3n) is 2.79. The number of nitrogens with one attached hydrogen (secondary N) is 1. The molecule has 17 heavy (non-hydrogen) atoms. The molecule has 0 bridgehead atoms. The summed E-state index contributed by atoms with van der Waals surface area (Å²) >= 11 is 0. The van der Waals surface area contributed by atoms with Gasteiger partial charge in [0.25, 0.3) is 0 Å². The fraction of sp³-hybridized carbons (Fsp3) is 0.417. The summed E-state index contributed by atoms with van der Waals surface area (Å²) in [4.78, 5) is 28.7. The van der Waals surface area contributed by atoms with E-state index in [4.69, 9.17) is 0 Å². The highest BCUT2D eigenvalue weighted by molar-refractivity contribution is 6.35. The predicted octanol–water partition coefficient (Wildman–Crippen LogP) is 0.320. The van der Waals surface area contributed by atoms with Crippen molar-refractivity contribution in [2.75, 3.05) is 13.1 Å². The summed E-state index contributed by atoms with van der Waals surface area (Å²) in [6, 6.07) is 3.61. The minimum absolute atomic E-state index is 0.362. The maximum absolute atomic E-state index is 11.7. The van der Waals surface area contributed by atoms with Gasteiger partial charge >= 0.3 is 11.8 Å². The number of hydrogen-bond acceptors (Lipinski definition) is 3. The number of hydrogen-bond donors (Lipinski definition) is 1. The molecule has 1 fully saturated rings. The van der Waals surface area contributed by atoms with Crippen LogP contribution < -0.4 is 5.32 Å². The maximum Gasteiger partial charge on any atom is 0.311 e. The molecule has 1 aromatic heterocycles. The number of amides is 2. The molecule has 0 aliphatic carbocycles. The second-order valence-corrected chi connectivity index (χ2v) is 4.04. The molecule has 2 rings (SSSR count). The number of carbonyl (C=O) groups excluding carboxylic acids is 2. The van der Waals surface area contributed by atoms with E-state index in [-0.39, 0.29) is 0 Å². The predicted molar refractivity (Wildman–Crippen MR) is 61.9 cm³/mol. The molecule has 0 radical (unpaired) electrons. The van der Waals surface area contributed by atoms with Crippen LogP contribution in [0, 0.1) is 0 Å². The van der Waals surface area contributed by atoms with Crippen molar-refractivity contribution in [2.24, 2.45) is 0 Å². The minimum atomic E-state index is -0.524. The van der Waals surface area contributed by atoms with E-state index in [0.717, 1.165) is 18.4 Å². The smallest absolute Gasteiger partial charge is 0.311 e. The van der Waals surface area contributed by atoms with Crippen molar-refractivity contribution in [2.45, 2.75) is 19.4 Å². The van der Waals surface area contributed by atoms with Crippen molar-refractivity contribution in [3.05, 3.63) is 30.1 Å². The Morgan fingerprint density at radius 1 is 1.24 bits per heavy atom.